The lowest BCUT2D eigenvalue weighted by Crippen LogP contribution is -2.03. The van der Waals surface area contributed by atoms with Crippen LogP contribution < -0.4 is 5.73 Å². The zero-order valence-corrected chi connectivity index (χ0v) is 8.67. The maximum absolute atomic E-state index is 5.39. The number of rotatable bonds is 3. The Balaban J connectivity index is 2.24. The van der Waals surface area contributed by atoms with E-state index in [9.17, 15) is 0 Å². The van der Waals surface area contributed by atoms with Crippen LogP contribution in [0.4, 0.5) is 0 Å². The summed E-state index contributed by atoms with van der Waals surface area (Å²) in [7, 11) is 0. The predicted octanol–water partition coefficient (Wildman–Crippen LogP) is 1.61. The normalized spacial score (nSPS) is 10.7. The standard InChI is InChI=1S/C9H11N3OS/c1-6-2-3-7(14-6)9-11-8(4-5-10)12-13-9/h2-3H,4-5,10H2,1H3. The van der Waals surface area contributed by atoms with E-state index in [1.54, 1.807) is 11.3 Å². The molecule has 0 fully saturated rings. The molecule has 0 aliphatic carbocycles. The van der Waals surface area contributed by atoms with E-state index in [2.05, 4.69) is 10.1 Å². The summed E-state index contributed by atoms with van der Waals surface area (Å²) >= 11 is 1.64. The molecular formula is C9H11N3OS. The molecule has 0 amide bonds. The van der Waals surface area contributed by atoms with Crippen LogP contribution in [0.1, 0.15) is 10.7 Å². The van der Waals surface area contributed by atoms with Crippen molar-refractivity contribution in [3.63, 3.8) is 0 Å². The molecular weight excluding hydrogens is 198 g/mol. The molecule has 2 N–H and O–H groups in total. The van der Waals surface area contributed by atoms with Gasteiger partial charge in [-0.25, -0.2) is 0 Å². The van der Waals surface area contributed by atoms with E-state index < -0.39 is 0 Å². The predicted molar refractivity (Wildman–Crippen MR) is 55.1 cm³/mol. The molecule has 74 valence electrons. The molecule has 0 spiro atoms. The first kappa shape index (κ1) is 9.36. The molecule has 2 rings (SSSR count). The first-order chi connectivity index (χ1) is 6.79. The molecule has 0 aliphatic heterocycles. The fourth-order valence-corrected chi connectivity index (χ4v) is 1.92. The topological polar surface area (TPSA) is 64.9 Å². The van der Waals surface area contributed by atoms with E-state index >= 15 is 0 Å². The summed E-state index contributed by atoms with van der Waals surface area (Å²) in [6.07, 6.45) is 0.661. The van der Waals surface area contributed by atoms with Gasteiger partial charge in [-0.1, -0.05) is 5.16 Å². The Kier molecular flexibility index (Phi) is 2.60. The third-order valence-electron chi connectivity index (χ3n) is 1.79. The Morgan fingerprint density at radius 2 is 2.36 bits per heavy atom. The second kappa shape index (κ2) is 3.89. The first-order valence-corrected chi connectivity index (χ1v) is 5.20. The van der Waals surface area contributed by atoms with Gasteiger partial charge >= 0.3 is 0 Å². The van der Waals surface area contributed by atoms with Gasteiger partial charge in [0.25, 0.3) is 5.89 Å². The van der Waals surface area contributed by atoms with Gasteiger partial charge in [-0.05, 0) is 25.6 Å². The molecule has 2 aromatic rings. The summed E-state index contributed by atoms with van der Waals surface area (Å²) in [6.45, 7) is 2.59. The van der Waals surface area contributed by atoms with Crippen LogP contribution in [0.15, 0.2) is 16.7 Å². The Morgan fingerprint density at radius 1 is 1.50 bits per heavy atom. The number of aryl methyl sites for hydroxylation is 1. The average molecular weight is 209 g/mol. The summed E-state index contributed by atoms with van der Waals surface area (Å²) < 4.78 is 5.11. The zero-order chi connectivity index (χ0) is 9.97. The molecule has 4 nitrogen and oxygen atoms in total. The Hall–Kier alpha value is -1.20. The monoisotopic (exact) mass is 209 g/mol. The molecule has 0 radical (unpaired) electrons. The lowest BCUT2D eigenvalue weighted by Gasteiger charge is -1.84. The lowest BCUT2D eigenvalue weighted by atomic mass is 10.4. The summed E-state index contributed by atoms with van der Waals surface area (Å²) in [6, 6.07) is 4.02. The average Bonchev–Trinajstić information content (AvgIpc) is 2.74. The fourth-order valence-electron chi connectivity index (χ4n) is 1.13. The minimum atomic E-state index is 0.544. The molecule has 0 aromatic carbocycles. The molecule has 0 saturated heterocycles. The van der Waals surface area contributed by atoms with Crippen LogP contribution in [0.25, 0.3) is 10.8 Å². The van der Waals surface area contributed by atoms with Gasteiger partial charge in [0.1, 0.15) is 0 Å². The highest BCUT2D eigenvalue weighted by Gasteiger charge is 2.09. The Labute approximate surface area is 85.7 Å². The first-order valence-electron chi connectivity index (χ1n) is 4.39. The fraction of sp³-hybridized carbons (Fsp3) is 0.333. The van der Waals surface area contributed by atoms with Crippen molar-refractivity contribution in [2.24, 2.45) is 5.73 Å². The molecule has 0 bridgehead atoms. The van der Waals surface area contributed by atoms with Gasteiger partial charge in [0.05, 0.1) is 4.88 Å². The van der Waals surface area contributed by atoms with Gasteiger partial charge in [-0.3, -0.25) is 0 Å². The largest absolute Gasteiger partial charge is 0.333 e. The number of aromatic nitrogens is 2. The summed E-state index contributed by atoms with van der Waals surface area (Å²) in [5, 5.41) is 3.83. The van der Waals surface area contributed by atoms with Gasteiger partial charge in [0, 0.05) is 11.3 Å². The lowest BCUT2D eigenvalue weighted by molar-refractivity contribution is 0.423. The van der Waals surface area contributed by atoms with Gasteiger partial charge < -0.3 is 10.3 Å². The summed E-state index contributed by atoms with van der Waals surface area (Å²) in [5.74, 6) is 1.26. The van der Waals surface area contributed by atoms with Gasteiger partial charge in [-0.15, -0.1) is 11.3 Å². The maximum Gasteiger partial charge on any atom is 0.267 e. The minimum Gasteiger partial charge on any atom is -0.333 e. The Morgan fingerprint density at radius 3 is 3.00 bits per heavy atom. The Bertz CT molecular complexity index is 421. The highest BCUT2D eigenvalue weighted by molar-refractivity contribution is 7.15. The van der Waals surface area contributed by atoms with Crippen molar-refractivity contribution < 1.29 is 4.52 Å². The molecule has 2 aromatic heterocycles. The molecule has 0 atom stereocenters. The quantitative estimate of drug-likeness (QED) is 0.834. The van der Waals surface area contributed by atoms with Crippen LogP contribution in [0, 0.1) is 6.92 Å². The summed E-state index contributed by atoms with van der Waals surface area (Å²) in [5.41, 5.74) is 5.39. The van der Waals surface area contributed by atoms with Crippen LogP contribution in [0.5, 0.6) is 0 Å². The van der Waals surface area contributed by atoms with Crippen LogP contribution >= 0.6 is 11.3 Å². The number of hydrogen-bond donors (Lipinski definition) is 1. The SMILES string of the molecule is Cc1ccc(-c2nc(CCN)no2)s1. The van der Waals surface area contributed by atoms with Crippen molar-refractivity contribution in [2.75, 3.05) is 6.54 Å². The van der Waals surface area contributed by atoms with Crippen molar-refractivity contribution in [1.29, 1.82) is 0 Å². The van der Waals surface area contributed by atoms with E-state index in [1.807, 2.05) is 19.1 Å². The van der Waals surface area contributed by atoms with E-state index in [-0.39, 0.29) is 0 Å². The second-order valence-electron chi connectivity index (χ2n) is 2.96. The highest BCUT2D eigenvalue weighted by atomic mass is 32.1. The smallest absolute Gasteiger partial charge is 0.267 e. The molecule has 0 unspecified atom stereocenters. The van der Waals surface area contributed by atoms with Gasteiger partial charge in [-0.2, -0.15) is 4.98 Å². The van der Waals surface area contributed by atoms with Crippen molar-refractivity contribution >= 4 is 11.3 Å². The van der Waals surface area contributed by atoms with Crippen LogP contribution in [0.3, 0.4) is 0 Å². The van der Waals surface area contributed by atoms with Crippen LogP contribution in [-0.2, 0) is 6.42 Å². The number of hydrogen-bond acceptors (Lipinski definition) is 5. The third kappa shape index (κ3) is 1.83. The van der Waals surface area contributed by atoms with Gasteiger partial charge in [0.2, 0.25) is 0 Å². The van der Waals surface area contributed by atoms with Crippen LogP contribution in [0.2, 0.25) is 0 Å². The molecule has 0 aliphatic rings. The third-order valence-corrected chi connectivity index (χ3v) is 2.78. The maximum atomic E-state index is 5.39. The van der Waals surface area contributed by atoms with Crippen molar-refractivity contribution in [3.05, 3.63) is 22.8 Å². The van der Waals surface area contributed by atoms with Gasteiger partial charge in [0.15, 0.2) is 5.82 Å². The highest BCUT2D eigenvalue weighted by Crippen LogP contribution is 2.25. The van der Waals surface area contributed by atoms with E-state index in [1.165, 1.54) is 4.88 Å². The number of thiophene rings is 1. The molecule has 14 heavy (non-hydrogen) atoms. The number of nitrogens with two attached hydrogens (primary N) is 1. The molecule has 2 heterocycles. The van der Waals surface area contributed by atoms with Crippen LogP contribution in [-0.4, -0.2) is 16.7 Å². The zero-order valence-electron chi connectivity index (χ0n) is 7.86. The minimum absolute atomic E-state index is 0.544. The van der Waals surface area contributed by atoms with E-state index in [0.29, 0.717) is 24.7 Å². The van der Waals surface area contributed by atoms with Crippen molar-refractivity contribution in [2.45, 2.75) is 13.3 Å². The van der Waals surface area contributed by atoms with Crippen molar-refractivity contribution in [3.8, 4) is 10.8 Å². The van der Waals surface area contributed by atoms with E-state index in [4.69, 9.17) is 10.3 Å². The number of nitrogens with zero attached hydrogens (tertiary/aromatic N) is 2. The van der Waals surface area contributed by atoms with Crippen molar-refractivity contribution in [1.82, 2.24) is 10.1 Å². The second-order valence-corrected chi connectivity index (χ2v) is 4.25. The summed E-state index contributed by atoms with van der Waals surface area (Å²) in [4.78, 5) is 6.48. The van der Waals surface area contributed by atoms with E-state index in [0.717, 1.165) is 4.88 Å². The molecule has 0 saturated carbocycles. The molecule has 5 heteroatoms.